The number of carbonyl (C=O) groups excluding carboxylic acids is 1. The Morgan fingerprint density at radius 3 is 2.61 bits per heavy atom. The van der Waals surface area contributed by atoms with Crippen molar-refractivity contribution in [2.45, 2.75) is 50.6 Å². The van der Waals surface area contributed by atoms with Gasteiger partial charge in [0.2, 0.25) is 5.91 Å². The second kappa shape index (κ2) is 6.53. The molecule has 1 heterocycles. The third kappa shape index (κ3) is 3.04. The third-order valence-corrected chi connectivity index (χ3v) is 4.47. The molecule has 104 valence electrons. The average Bonchev–Trinajstić information content (AvgIpc) is 2.41. The van der Waals surface area contributed by atoms with Gasteiger partial charge in [-0.05, 0) is 32.9 Å². The van der Waals surface area contributed by atoms with Gasteiger partial charge in [-0.1, -0.05) is 19.3 Å². The van der Waals surface area contributed by atoms with E-state index in [4.69, 9.17) is 0 Å². The van der Waals surface area contributed by atoms with Gasteiger partial charge >= 0.3 is 0 Å². The van der Waals surface area contributed by atoms with Crippen molar-refractivity contribution in [1.29, 1.82) is 0 Å². The molecule has 0 bridgehead atoms. The van der Waals surface area contributed by atoms with Crippen LogP contribution in [-0.4, -0.2) is 61.5 Å². The van der Waals surface area contributed by atoms with Crippen LogP contribution < -0.4 is 5.32 Å². The highest BCUT2D eigenvalue weighted by Gasteiger charge is 2.36. The van der Waals surface area contributed by atoms with Crippen molar-refractivity contribution in [2.24, 2.45) is 0 Å². The summed E-state index contributed by atoms with van der Waals surface area (Å²) >= 11 is 0. The van der Waals surface area contributed by atoms with Crippen LogP contribution in [0.2, 0.25) is 0 Å². The number of nitrogens with zero attached hydrogens (tertiary/aromatic N) is 2. The molecule has 1 aliphatic carbocycles. The van der Waals surface area contributed by atoms with Gasteiger partial charge in [0.25, 0.3) is 0 Å². The molecule has 0 radical (unpaired) electrons. The first-order valence-electron chi connectivity index (χ1n) is 7.39. The zero-order chi connectivity index (χ0) is 13.0. The number of likely N-dealkylation sites (N-methyl/N-ethyl adjacent to an activating group) is 1. The molecule has 2 fully saturated rings. The number of hydrogen-bond donors (Lipinski definition) is 1. The summed E-state index contributed by atoms with van der Waals surface area (Å²) in [5.74, 6) is 0.321. The Bertz CT molecular complexity index is 276. The van der Waals surface area contributed by atoms with Gasteiger partial charge in [0, 0.05) is 26.2 Å². The number of amides is 1. The van der Waals surface area contributed by atoms with Gasteiger partial charge in [0.05, 0.1) is 6.04 Å². The van der Waals surface area contributed by atoms with E-state index in [9.17, 15) is 4.79 Å². The van der Waals surface area contributed by atoms with Gasteiger partial charge in [-0.2, -0.15) is 0 Å². The zero-order valence-electron chi connectivity index (χ0n) is 11.8. The minimum atomic E-state index is 0.110. The van der Waals surface area contributed by atoms with Crippen molar-refractivity contribution >= 4 is 5.91 Å². The molecule has 4 heteroatoms. The standard InChI is InChI=1S/C14H27N3O/c1-15-9-8-13-14(18)16(2)10-11-17(13)12-6-4-3-5-7-12/h12-13,15H,3-11H2,1-2H3. The summed E-state index contributed by atoms with van der Waals surface area (Å²) in [5.41, 5.74) is 0. The van der Waals surface area contributed by atoms with Crippen molar-refractivity contribution in [2.75, 3.05) is 33.7 Å². The van der Waals surface area contributed by atoms with Crippen LogP contribution in [0, 0.1) is 0 Å². The lowest BCUT2D eigenvalue weighted by Crippen LogP contribution is -2.59. The van der Waals surface area contributed by atoms with Crippen LogP contribution in [0.25, 0.3) is 0 Å². The van der Waals surface area contributed by atoms with Gasteiger partial charge in [-0.25, -0.2) is 0 Å². The molecule has 0 aromatic rings. The maximum atomic E-state index is 12.3. The van der Waals surface area contributed by atoms with E-state index in [1.165, 1.54) is 32.1 Å². The average molecular weight is 253 g/mol. The quantitative estimate of drug-likeness (QED) is 0.814. The monoisotopic (exact) mass is 253 g/mol. The number of rotatable bonds is 4. The van der Waals surface area contributed by atoms with Crippen molar-refractivity contribution in [3.8, 4) is 0 Å². The molecule has 1 atom stereocenters. The molecule has 1 amide bonds. The topological polar surface area (TPSA) is 35.6 Å². The van der Waals surface area contributed by atoms with Crippen LogP contribution in [-0.2, 0) is 4.79 Å². The Morgan fingerprint density at radius 2 is 1.94 bits per heavy atom. The molecule has 0 aromatic carbocycles. The van der Waals surface area contributed by atoms with Crippen LogP contribution in [0.15, 0.2) is 0 Å². The highest BCUT2D eigenvalue weighted by molar-refractivity contribution is 5.82. The first-order valence-corrected chi connectivity index (χ1v) is 7.39. The van der Waals surface area contributed by atoms with Crippen LogP contribution in [0.3, 0.4) is 0 Å². The van der Waals surface area contributed by atoms with Crippen LogP contribution in [0.4, 0.5) is 0 Å². The lowest BCUT2D eigenvalue weighted by atomic mass is 9.91. The zero-order valence-corrected chi connectivity index (χ0v) is 11.8. The lowest BCUT2D eigenvalue weighted by molar-refractivity contribution is -0.142. The fraction of sp³-hybridized carbons (Fsp3) is 0.929. The van der Waals surface area contributed by atoms with E-state index in [2.05, 4.69) is 10.2 Å². The first-order chi connectivity index (χ1) is 8.74. The molecule has 1 saturated heterocycles. The van der Waals surface area contributed by atoms with Gasteiger partial charge in [-0.3, -0.25) is 9.69 Å². The van der Waals surface area contributed by atoms with E-state index in [0.717, 1.165) is 26.1 Å². The summed E-state index contributed by atoms with van der Waals surface area (Å²) < 4.78 is 0. The summed E-state index contributed by atoms with van der Waals surface area (Å²) in [6.07, 6.45) is 7.56. The van der Waals surface area contributed by atoms with E-state index in [1.807, 2.05) is 19.0 Å². The molecular formula is C14H27N3O. The number of carbonyl (C=O) groups is 1. The summed E-state index contributed by atoms with van der Waals surface area (Å²) in [6.45, 7) is 2.88. The van der Waals surface area contributed by atoms with Crippen LogP contribution >= 0.6 is 0 Å². The predicted molar refractivity (Wildman–Crippen MR) is 73.5 cm³/mol. The van der Waals surface area contributed by atoms with Gasteiger partial charge in [0.15, 0.2) is 0 Å². The normalized spacial score (nSPS) is 27.8. The van der Waals surface area contributed by atoms with E-state index in [-0.39, 0.29) is 6.04 Å². The SMILES string of the molecule is CNCCC1C(=O)N(C)CCN1C1CCCCC1. The Balaban J connectivity index is 2.02. The minimum absolute atomic E-state index is 0.110. The fourth-order valence-corrected chi connectivity index (χ4v) is 3.35. The van der Waals surface area contributed by atoms with Gasteiger partial charge < -0.3 is 10.2 Å². The molecule has 0 spiro atoms. The van der Waals surface area contributed by atoms with Gasteiger partial charge in [-0.15, -0.1) is 0 Å². The Kier molecular flexibility index (Phi) is 5.01. The molecular weight excluding hydrogens is 226 g/mol. The Morgan fingerprint density at radius 1 is 1.22 bits per heavy atom. The largest absolute Gasteiger partial charge is 0.343 e. The van der Waals surface area contributed by atoms with E-state index >= 15 is 0 Å². The predicted octanol–water partition coefficient (Wildman–Crippen LogP) is 1.07. The second-order valence-corrected chi connectivity index (χ2v) is 5.70. The van der Waals surface area contributed by atoms with Crippen molar-refractivity contribution < 1.29 is 4.79 Å². The number of nitrogens with one attached hydrogen (secondary N) is 1. The summed E-state index contributed by atoms with van der Waals surface area (Å²) in [4.78, 5) is 16.7. The molecule has 1 unspecified atom stereocenters. The second-order valence-electron chi connectivity index (χ2n) is 5.70. The fourth-order valence-electron chi connectivity index (χ4n) is 3.35. The molecule has 0 aromatic heterocycles. The molecule has 4 nitrogen and oxygen atoms in total. The van der Waals surface area contributed by atoms with Gasteiger partial charge in [0.1, 0.15) is 0 Å². The Labute approximate surface area is 111 Å². The highest BCUT2D eigenvalue weighted by Crippen LogP contribution is 2.27. The molecule has 18 heavy (non-hydrogen) atoms. The van der Waals surface area contributed by atoms with Crippen molar-refractivity contribution in [3.63, 3.8) is 0 Å². The summed E-state index contributed by atoms with van der Waals surface area (Å²) in [5, 5.41) is 3.18. The highest BCUT2D eigenvalue weighted by atomic mass is 16.2. The summed E-state index contributed by atoms with van der Waals surface area (Å²) in [6, 6.07) is 0.762. The van der Waals surface area contributed by atoms with Crippen LogP contribution in [0.1, 0.15) is 38.5 Å². The van der Waals surface area contributed by atoms with Crippen LogP contribution in [0.5, 0.6) is 0 Å². The maximum Gasteiger partial charge on any atom is 0.239 e. The van der Waals surface area contributed by atoms with E-state index in [1.54, 1.807) is 0 Å². The number of piperazine rings is 1. The van der Waals surface area contributed by atoms with E-state index < -0.39 is 0 Å². The molecule has 1 N–H and O–H groups in total. The molecule has 2 aliphatic rings. The molecule has 1 aliphatic heterocycles. The molecule has 2 rings (SSSR count). The maximum absolute atomic E-state index is 12.3. The molecule has 1 saturated carbocycles. The summed E-state index contributed by atoms with van der Waals surface area (Å²) in [7, 11) is 3.90. The Hall–Kier alpha value is -0.610. The number of hydrogen-bond acceptors (Lipinski definition) is 3. The van der Waals surface area contributed by atoms with Crippen molar-refractivity contribution in [1.82, 2.24) is 15.1 Å². The van der Waals surface area contributed by atoms with Crippen molar-refractivity contribution in [3.05, 3.63) is 0 Å². The smallest absolute Gasteiger partial charge is 0.239 e. The third-order valence-electron chi connectivity index (χ3n) is 4.47. The van der Waals surface area contributed by atoms with E-state index in [0.29, 0.717) is 11.9 Å². The lowest BCUT2D eigenvalue weighted by Gasteiger charge is -2.44. The minimum Gasteiger partial charge on any atom is -0.343 e. The first kappa shape index (κ1) is 13.8.